The van der Waals surface area contributed by atoms with E-state index in [1.165, 1.54) is 0 Å². The van der Waals surface area contributed by atoms with Gasteiger partial charge in [0.05, 0.1) is 9.88 Å². The molecule has 0 aliphatic rings. The summed E-state index contributed by atoms with van der Waals surface area (Å²) in [4.78, 5) is 5.32. The molecule has 96 valence electrons. The Bertz CT molecular complexity index is 540. The Kier molecular flexibility index (Phi) is 4.37. The second kappa shape index (κ2) is 5.82. The van der Waals surface area contributed by atoms with Crippen molar-refractivity contribution in [3.63, 3.8) is 0 Å². The molecule has 0 amide bonds. The minimum Gasteiger partial charge on any atom is -0.488 e. The molecule has 1 aromatic heterocycles. The van der Waals surface area contributed by atoms with Crippen LogP contribution in [0.4, 0.5) is 0 Å². The highest BCUT2D eigenvalue weighted by Gasteiger charge is 2.09. The van der Waals surface area contributed by atoms with Crippen LogP contribution in [0.5, 0.6) is 5.75 Å². The summed E-state index contributed by atoms with van der Waals surface area (Å²) < 4.78 is 6.83. The maximum Gasteiger partial charge on any atom is 0.124 e. The SMILES string of the molecule is Cc1ncc(COc2ccc(Br)cc2[C@@H](C)N)s1. The molecule has 0 saturated carbocycles. The highest BCUT2D eigenvalue weighted by Crippen LogP contribution is 2.28. The zero-order chi connectivity index (χ0) is 13.1. The van der Waals surface area contributed by atoms with Crippen molar-refractivity contribution in [3.05, 3.63) is 44.3 Å². The molecule has 0 fully saturated rings. The van der Waals surface area contributed by atoms with Crippen molar-refractivity contribution in [2.45, 2.75) is 26.5 Å². The lowest BCUT2D eigenvalue weighted by Crippen LogP contribution is -2.08. The minimum absolute atomic E-state index is 0.0549. The number of hydrogen-bond acceptors (Lipinski definition) is 4. The molecule has 18 heavy (non-hydrogen) atoms. The Labute approximate surface area is 119 Å². The van der Waals surface area contributed by atoms with Crippen molar-refractivity contribution in [2.24, 2.45) is 5.73 Å². The van der Waals surface area contributed by atoms with Gasteiger partial charge >= 0.3 is 0 Å². The summed E-state index contributed by atoms with van der Waals surface area (Å²) in [6, 6.07) is 5.84. The maximum absolute atomic E-state index is 5.95. The number of ether oxygens (including phenoxy) is 1. The molecule has 0 radical (unpaired) electrons. The van der Waals surface area contributed by atoms with Crippen LogP contribution >= 0.6 is 27.3 Å². The van der Waals surface area contributed by atoms with Crippen LogP contribution in [0.1, 0.15) is 28.4 Å². The van der Waals surface area contributed by atoms with Crippen LogP contribution in [-0.2, 0) is 6.61 Å². The zero-order valence-electron chi connectivity index (χ0n) is 10.3. The van der Waals surface area contributed by atoms with Crippen LogP contribution in [0.15, 0.2) is 28.9 Å². The van der Waals surface area contributed by atoms with Crippen molar-refractivity contribution in [1.29, 1.82) is 0 Å². The number of halogens is 1. The molecule has 0 aliphatic carbocycles. The number of benzene rings is 1. The lowest BCUT2D eigenvalue weighted by molar-refractivity contribution is 0.304. The summed E-state index contributed by atoms with van der Waals surface area (Å²) in [5.41, 5.74) is 6.95. The van der Waals surface area contributed by atoms with E-state index in [4.69, 9.17) is 10.5 Å². The monoisotopic (exact) mass is 326 g/mol. The standard InChI is InChI=1S/C13H15BrN2OS/c1-8(15)12-5-10(14)3-4-13(12)17-7-11-6-16-9(2)18-11/h3-6,8H,7,15H2,1-2H3/t8-/m1/s1. The number of aryl methyl sites for hydroxylation is 1. The van der Waals surface area contributed by atoms with E-state index in [1.807, 2.05) is 38.2 Å². The second-order valence-corrected chi connectivity index (χ2v) is 6.34. The Morgan fingerprint density at radius 2 is 2.28 bits per heavy atom. The fourth-order valence-corrected chi connectivity index (χ4v) is 2.71. The van der Waals surface area contributed by atoms with E-state index < -0.39 is 0 Å². The maximum atomic E-state index is 5.95. The van der Waals surface area contributed by atoms with Gasteiger partial charge in [-0.15, -0.1) is 11.3 Å². The van der Waals surface area contributed by atoms with Crippen molar-refractivity contribution in [1.82, 2.24) is 4.98 Å². The molecule has 2 N–H and O–H groups in total. The van der Waals surface area contributed by atoms with E-state index in [9.17, 15) is 0 Å². The molecule has 0 bridgehead atoms. The predicted octanol–water partition coefficient (Wildman–Crippen LogP) is 3.81. The molecule has 5 heteroatoms. The molecular weight excluding hydrogens is 312 g/mol. The molecule has 0 spiro atoms. The molecular formula is C13H15BrN2OS. The molecule has 0 unspecified atom stereocenters. The normalized spacial score (nSPS) is 12.4. The number of rotatable bonds is 4. The first kappa shape index (κ1) is 13.5. The summed E-state index contributed by atoms with van der Waals surface area (Å²) in [6.07, 6.45) is 1.85. The van der Waals surface area contributed by atoms with Gasteiger partial charge in [0.25, 0.3) is 0 Å². The summed E-state index contributed by atoms with van der Waals surface area (Å²) in [5, 5.41) is 1.05. The summed E-state index contributed by atoms with van der Waals surface area (Å²) in [5.74, 6) is 0.833. The van der Waals surface area contributed by atoms with Gasteiger partial charge in [-0.1, -0.05) is 15.9 Å². The Hall–Kier alpha value is -0.910. The summed E-state index contributed by atoms with van der Waals surface area (Å²) in [7, 11) is 0. The topological polar surface area (TPSA) is 48.1 Å². The Balaban J connectivity index is 2.13. The second-order valence-electron chi connectivity index (χ2n) is 4.11. The molecule has 3 nitrogen and oxygen atoms in total. The molecule has 2 rings (SSSR count). The number of nitrogens with zero attached hydrogens (tertiary/aromatic N) is 1. The first-order valence-electron chi connectivity index (χ1n) is 5.65. The number of thiazole rings is 1. The van der Waals surface area contributed by atoms with Crippen LogP contribution in [0.2, 0.25) is 0 Å². The largest absolute Gasteiger partial charge is 0.488 e. The predicted molar refractivity (Wildman–Crippen MR) is 77.9 cm³/mol. The lowest BCUT2D eigenvalue weighted by atomic mass is 10.1. The van der Waals surface area contributed by atoms with Crippen LogP contribution < -0.4 is 10.5 Å². The highest BCUT2D eigenvalue weighted by atomic mass is 79.9. The van der Waals surface area contributed by atoms with E-state index in [-0.39, 0.29) is 6.04 Å². The van der Waals surface area contributed by atoms with Gasteiger partial charge in [0.2, 0.25) is 0 Å². The van der Waals surface area contributed by atoms with Crippen molar-refractivity contribution in [3.8, 4) is 5.75 Å². The van der Waals surface area contributed by atoms with Crippen LogP contribution in [-0.4, -0.2) is 4.98 Å². The van der Waals surface area contributed by atoms with Gasteiger partial charge in [0, 0.05) is 22.3 Å². The zero-order valence-corrected chi connectivity index (χ0v) is 12.7. The van der Waals surface area contributed by atoms with Crippen LogP contribution in [0, 0.1) is 6.92 Å². The summed E-state index contributed by atoms with van der Waals surface area (Å²) in [6.45, 7) is 4.47. The van der Waals surface area contributed by atoms with Gasteiger partial charge < -0.3 is 10.5 Å². The van der Waals surface area contributed by atoms with Gasteiger partial charge in [0.15, 0.2) is 0 Å². The number of nitrogens with two attached hydrogens (primary N) is 1. The lowest BCUT2D eigenvalue weighted by Gasteiger charge is -2.13. The average molecular weight is 327 g/mol. The first-order valence-corrected chi connectivity index (χ1v) is 7.26. The molecule has 0 aliphatic heterocycles. The fraction of sp³-hybridized carbons (Fsp3) is 0.308. The van der Waals surface area contributed by atoms with Crippen molar-refractivity contribution >= 4 is 27.3 Å². The van der Waals surface area contributed by atoms with Gasteiger partial charge in [-0.05, 0) is 32.0 Å². The van der Waals surface area contributed by atoms with Gasteiger partial charge in [-0.3, -0.25) is 0 Å². The van der Waals surface area contributed by atoms with E-state index in [1.54, 1.807) is 11.3 Å². The number of aromatic nitrogens is 1. The molecule has 1 heterocycles. The van der Waals surface area contributed by atoms with E-state index in [0.717, 1.165) is 25.7 Å². The first-order chi connectivity index (χ1) is 8.56. The van der Waals surface area contributed by atoms with Gasteiger partial charge in [-0.25, -0.2) is 4.98 Å². The summed E-state index contributed by atoms with van der Waals surface area (Å²) >= 11 is 5.09. The Morgan fingerprint density at radius 1 is 1.50 bits per heavy atom. The van der Waals surface area contributed by atoms with Crippen LogP contribution in [0.25, 0.3) is 0 Å². The third-order valence-electron chi connectivity index (χ3n) is 2.50. The van der Waals surface area contributed by atoms with Crippen LogP contribution in [0.3, 0.4) is 0 Å². The molecule has 1 aromatic carbocycles. The van der Waals surface area contributed by atoms with E-state index in [2.05, 4.69) is 20.9 Å². The molecule has 0 saturated heterocycles. The third-order valence-corrected chi connectivity index (χ3v) is 3.88. The highest BCUT2D eigenvalue weighted by molar-refractivity contribution is 9.10. The van der Waals surface area contributed by atoms with Crippen molar-refractivity contribution < 1.29 is 4.74 Å². The fourth-order valence-electron chi connectivity index (χ4n) is 1.63. The smallest absolute Gasteiger partial charge is 0.124 e. The van der Waals surface area contributed by atoms with E-state index >= 15 is 0 Å². The third kappa shape index (κ3) is 3.31. The van der Waals surface area contributed by atoms with Gasteiger partial charge in [0.1, 0.15) is 12.4 Å². The van der Waals surface area contributed by atoms with Crippen molar-refractivity contribution in [2.75, 3.05) is 0 Å². The van der Waals surface area contributed by atoms with E-state index in [0.29, 0.717) is 6.61 Å². The van der Waals surface area contributed by atoms with Gasteiger partial charge in [-0.2, -0.15) is 0 Å². The molecule has 2 aromatic rings. The number of hydrogen-bond donors (Lipinski definition) is 1. The quantitative estimate of drug-likeness (QED) is 0.929. The Morgan fingerprint density at radius 3 is 2.89 bits per heavy atom. The molecule has 1 atom stereocenters. The minimum atomic E-state index is -0.0549. The average Bonchev–Trinajstić information content (AvgIpc) is 2.73.